The molecule has 0 aromatic heterocycles. The average molecular weight is 301 g/mol. The van der Waals surface area contributed by atoms with Crippen LogP contribution < -0.4 is 4.74 Å². The van der Waals surface area contributed by atoms with Gasteiger partial charge in [0.1, 0.15) is 5.75 Å². The second-order valence-electron chi connectivity index (χ2n) is 5.40. The molecular formula is C16H22Cl2O. The van der Waals surface area contributed by atoms with Crippen LogP contribution in [0, 0.1) is 5.92 Å². The first-order chi connectivity index (χ1) is 9.22. The Balaban J connectivity index is 2.08. The van der Waals surface area contributed by atoms with Crippen molar-refractivity contribution in [1.29, 1.82) is 0 Å². The first-order valence-corrected chi connectivity index (χ1v) is 8.01. The van der Waals surface area contributed by atoms with Gasteiger partial charge in [0.2, 0.25) is 0 Å². The molecule has 106 valence electrons. The van der Waals surface area contributed by atoms with Gasteiger partial charge in [-0.25, -0.2) is 0 Å². The van der Waals surface area contributed by atoms with Gasteiger partial charge in [0.25, 0.3) is 0 Å². The standard InChI is InChI=1S/C16H22Cl2O/c1-19-15-10-9-13(11-14(15)17)16(18)12-7-5-3-2-4-6-8-12/h9-12,16H,2-8H2,1H3. The zero-order chi connectivity index (χ0) is 13.7. The molecule has 0 N–H and O–H groups in total. The Kier molecular flexibility index (Phi) is 5.84. The molecule has 1 saturated carbocycles. The van der Waals surface area contributed by atoms with Crippen LogP contribution in [0.3, 0.4) is 0 Å². The van der Waals surface area contributed by atoms with Crippen LogP contribution in [0.15, 0.2) is 18.2 Å². The summed E-state index contributed by atoms with van der Waals surface area (Å²) in [6, 6.07) is 5.91. The fourth-order valence-corrected chi connectivity index (χ4v) is 3.56. The normalized spacial score (nSPS) is 19.5. The number of hydrogen-bond donors (Lipinski definition) is 0. The molecule has 0 amide bonds. The second kappa shape index (κ2) is 7.40. The van der Waals surface area contributed by atoms with Crippen LogP contribution >= 0.6 is 23.2 Å². The molecule has 0 saturated heterocycles. The highest BCUT2D eigenvalue weighted by Gasteiger charge is 2.22. The third-order valence-corrected chi connectivity index (χ3v) is 4.96. The molecular weight excluding hydrogens is 279 g/mol. The highest BCUT2D eigenvalue weighted by atomic mass is 35.5. The molecule has 0 spiro atoms. The van der Waals surface area contributed by atoms with Gasteiger partial charge in [-0.3, -0.25) is 0 Å². The quantitative estimate of drug-likeness (QED) is 0.623. The van der Waals surface area contributed by atoms with Gasteiger partial charge in [0, 0.05) is 0 Å². The largest absolute Gasteiger partial charge is 0.495 e. The Hall–Kier alpha value is -0.400. The third kappa shape index (κ3) is 4.03. The molecule has 19 heavy (non-hydrogen) atoms. The summed E-state index contributed by atoms with van der Waals surface area (Å²) >= 11 is 12.9. The maximum absolute atomic E-state index is 6.68. The lowest BCUT2D eigenvalue weighted by molar-refractivity contribution is 0.368. The van der Waals surface area contributed by atoms with Gasteiger partial charge >= 0.3 is 0 Å². The minimum atomic E-state index is 0.0708. The van der Waals surface area contributed by atoms with Crippen LogP contribution in [0.2, 0.25) is 5.02 Å². The van der Waals surface area contributed by atoms with Gasteiger partial charge in [-0.2, -0.15) is 0 Å². The summed E-state index contributed by atoms with van der Waals surface area (Å²) in [5, 5.41) is 0.720. The molecule has 0 heterocycles. The van der Waals surface area contributed by atoms with Crippen molar-refractivity contribution in [1.82, 2.24) is 0 Å². The van der Waals surface area contributed by atoms with Crippen molar-refractivity contribution in [2.45, 2.75) is 50.3 Å². The Morgan fingerprint density at radius 1 is 1.11 bits per heavy atom. The summed E-state index contributed by atoms with van der Waals surface area (Å²) in [5.74, 6) is 1.29. The summed E-state index contributed by atoms with van der Waals surface area (Å²) in [4.78, 5) is 0. The van der Waals surface area contributed by atoms with Crippen molar-refractivity contribution in [2.75, 3.05) is 7.11 Å². The molecule has 1 aliphatic rings. The van der Waals surface area contributed by atoms with Gasteiger partial charge in [-0.05, 0) is 36.5 Å². The van der Waals surface area contributed by atoms with E-state index in [1.807, 2.05) is 18.2 Å². The van der Waals surface area contributed by atoms with Crippen molar-refractivity contribution >= 4 is 23.2 Å². The predicted molar refractivity (Wildman–Crippen MR) is 82.4 cm³/mol. The van der Waals surface area contributed by atoms with E-state index in [-0.39, 0.29) is 5.38 Å². The molecule has 0 radical (unpaired) electrons. The highest BCUT2D eigenvalue weighted by molar-refractivity contribution is 6.32. The third-order valence-electron chi connectivity index (χ3n) is 4.06. The second-order valence-corrected chi connectivity index (χ2v) is 6.28. The first kappa shape index (κ1) is 15.0. The Bertz CT molecular complexity index is 398. The smallest absolute Gasteiger partial charge is 0.137 e. The number of methoxy groups -OCH3 is 1. The summed E-state index contributed by atoms with van der Waals surface area (Å²) in [5.41, 5.74) is 1.12. The van der Waals surface area contributed by atoms with E-state index in [2.05, 4.69) is 0 Å². The predicted octanol–water partition coefficient (Wildman–Crippen LogP) is 5.99. The molecule has 2 rings (SSSR count). The fraction of sp³-hybridized carbons (Fsp3) is 0.625. The number of benzene rings is 1. The van der Waals surface area contributed by atoms with Gasteiger partial charge in [-0.15, -0.1) is 11.6 Å². The van der Waals surface area contributed by atoms with Gasteiger partial charge in [-0.1, -0.05) is 49.8 Å². The molecule has 1 aliphatic carbocycles. The lowest BCUT2D eigenvalue weighted by Gasteiger charge is -2.25. The molecule has 1 unspecified atom stereocenters. The van der Waals surface area contributed by atoms with E-state index < -0.39 is 0 Å². The van der Waals surface area contributed by atoms with E-state index in [9.17, 15) is 0 Å². The van der Waals surface area contributed by atoms with Crippen molar-refractivity contribution in [3.05, 3.63) is 28.8 Å². The summed E-state index contributed by atoms with van der Waals surface area (Å²) in [6.45, 7) is 0. The molecule has 1 aromatic carbocycles. The minimum absolute atomic E-state index is 0.0708. The summed E-state index contributed by atoms with van der Waals surface area (Å²) < 4.78 is 5.19. The van der Waals surface area contributed by atoms with Gasteiger partial charge < -0.3 is 4.74 Å². The Morgan fingerprint density at radius 2 is 1.74 bits per heavy atom. The maximum atomic E-state index is 6.68. The number of alkyl halides is 1. The van der Waals surface area contributed by atoms with Crippen LogP contribution in [0.5, 0.6) is 5.75 Å². The zero-order valence-corrected chi connectivity index (χ0v) is 13.0. The van der Waals surface area contributed by atoms with Crippen LogP contribution in [0.1, 0.15) is 55.9 Å². The number of ether oxygens (including phenoxy) is 1. The van der Waals surface area contributed by atoms with Crippen LogP contribution in [-0.4, -0.2) is 7.11 Å². The fourth-order valence-electron chi connectivity index (χ4n) is 2.91. The van der Waals surface area contributed by atoms with Crippen LogP contribution in [0.4, 0.5) is 0 Å². The van der Waals surface area contributed by atoms with E-state index in [4.69, 9.17) is 27.9 Å². The molecule has 3 heteroatoms. The maximum Gasteiger partial charge on any atom is 0.137 e. The number of halogens is 2. The lowest BCUT2D eigenvalue weighted by Crippen LogP contribution is -2.10. The first-order valence-electron chi connectivity index (χ1n) is 7.20. The number of rotatable bonds is 3. The average Bonchev–Trinajstić information content (AvgIpc) is 2.37. The van der Waals surface area contributed by atoms with E-state index in [0.717, 1.165) is 5.56 Å². The molecule has 0 aliphatic heterocycles. The van der Waals surface area contributed by atoms with E-state index >= 15 is 0 Å². The molecule has 1 atom stereocenters. The zero-order valence-electron chi connectivity index (χ0n) is 11.5. The van der Waals surface area contributed by atoms with Crippen LogP contribution in [0.25, 0.3) is 0 Å². The topological polar surface area (TPSA) is 9.23 Å². The van der Waals surface area contributed by atoms with Crippen molar-refractivity contribution in [3.8, 4) is 5.75 Å². The minimum Gasteiger partial charge on any atom is -0.495 e. The summed E-state index contributed by atoms with van der Waals surface area (Å²) in [6.07, 6.45) is 9.16. The van der Waals surface area contributed by atoms with Crippen molar-refractivity contribution in [2.24, 2.45) is 5.92 Å². The molecule has 1 fully saturated rings. The van der Waals surface area contributed by atoms with Crippen molar-refractivity contribution < 1.29 is 4.74 Å². The van der Waals surface area contributed by atoms with Gasteiger partial charge in [0.05, 0.1) is 17.5 Å². The highest BCUT2D eigenvalue weighted by Crippen LogP contribution is 2.39. The van der Waals surface area contributed by atoms with Crippen molar-refractivity contribution in [3.63, 3.8) is 0 Å². The molecule has 0 bridgehead atoms. The van der Waals surface area contributed by atoms with Gasteiger partial charge in [0.15, 0.2) is 0 Å². The van der Waals surface area contributed by atoms with E-state index in [1.54, 1.807) is 7.11 Å². The SMILES string of the molecule is COc1ccc(C(Cl)C2CCCCCCC2)cc1Cl. The van der Waals surface area contributed by atoms with Crippen LogP contribution in [-0.2, 0) is 0 Å². The lowest BCUT2D eigenvalue weighted by atomic mass is 9.86. The monoisotopic (exact) mass is 300 g/mol. The van der Waals surface area contributed by atoms with E-state index in [0.29, 0.717) is 16.7 Å². The summed E-state index contributed by atoms with van der Waals surface area (Å²) in [7, 11) is 1.63. The molecule has 1 nitrogen and oxygen atoms in total. The Morgan fingerprint density at radius 3 is 2.32 bits per heavy atom. The van der Waals surface area contributed by atoms with E-state index in [1.165, 1.54) is 44.9 Å². The number of hydrogen-bond acceptors (Lipinski definition) is 1. The Labute approximate surface area is 126 Å². The molecule has 1 aromatic rings.